The van der Waals surface area contributed by atoms with Crippen LogP contribution in [-0.4, -0.2) is 5.37 Å². The first-order valence-corrected chi connectivity index (χ1v) is 13.8. The van der Waals surface area contributed by atoms with Gasteiger partial charge in [-0.05, 0) is 80.8 Å². The van der Waals surface area contributed by atoms with E-state index in [1.54, 1.807) is 5.56 Å². The maximum Gasteiger partial charge on any atom is 0.0912 e. The lowest BCUT2D eigenvalue weighted by atomic mass is 9.73. The van der Waals surface area contributed by atoms with Gasteiger partial charge in [0.15, 0.2) is 0 Å². The number of anilines is 1. The van der Waals surface area contributed by atoms with Crippen LogP contribution in [-0.2, 0) is 5.41 Å². The van der Waals surface area contributed by atoms with Crippen LogP contribution in [0, 0.1) is 33.1 Å². The van der Waals surface area contributed by atoms with E-state index in [4.69, 9.17) is 0 Å². The predicted molar refractivity (Wildman–Crippen MR) is 147 cm³/mol. The van der Waals surface area contributed by atoms with Crippen molar-refractivity contribution in [3.63, 3.8) is 0 Å². The molecule has 0 bridgehead atoms. The number of fused-ring (bicyclic) bond motifs is 6. The molecule has 1 nitrogen and oxygen atoms in total. The van der Waals surface area contributed by atoms with Crippen molar-refractivity contribution in [3.05, 3.63) is 87.5 Å². The van der Waals surface area contributed by atoms with Crippen molar-refractivity contribution in [2.75, 3.05) is 4.90 Å². The van der Waals surface area contributed by atoms with Crippen LogP contribution in [0.1, 0.15) is 72.1 Å². The van der Waals surface area contributed by atoms with E-state index in [1.807, 2.05) is 0 Å². The standard InChI is InChI=1S/C32H33NS/c1-7-31-17-32(31,8-2)30-33-27-24(15-19(4)16-25(27)31)23-14-18(3)12-13-22(23)28(33)29(34-30)26-20(5)10-9-11-21(26)6/h9-16,30H,7-8,17H2,1-6H3. The molecule has 3 aliphatic heterocycles. The fraction of sp³-hybridized carbons (Fsp3) is 0.375. The lowest BCUT2D eigenvalue weighted by molar-refractivity contribution is 0.367. The van der Waals surface area contributed by atoms with Crippen LogP contribution in [0.3, 0.4) is 0 Å². The molecule has 0 amide bonds. The minimum atomic E-state index is 0.314. The fourth-order valence-corrected chi connectivity index (χ4v) is 9.82. The summed E-state index contributed by atoms with van der Waals surface area (Å²) in [5, 5.41) is 0.477. The van der Waals surface area contributed by atoms with Crippen LogP contribution in [0.4, 0.5) is 5.69 Å². The van der Waals surface area contributed by atoms with Crippen molar-refractivity contribution < 1.29 is 0 Å². The highest BCUT2D eigenvalue weighted by atomic mass is 32.2. The average Bonchev–Trinajstić information content (AvgIpc) is 3.37. The first kappa shape index (κ1) is 20.9. The third kappa shape index (κ3) is 2.25. The van der Waals surface area contributed by atoms with Crippen molar-refractivity contribution in [1.82, 2.24) is 0 Å². The van der Waals surface area contributed by atoms with Crippen LogP contribution >= 0.6 is 11.8 Å². The van der Waals surface area contributed by atoms with Gasteiger partial charge in [0.1, 0.15) is 0 Å². The molecule has 0 spiro atoms. The van der Waals surface area contributed by atoms with Crippen molar-refractivity contribution in [1.29, 1.82) is 0 Å². The maximum absolute atomic E-state index is 2.80. The fourth-order valence-electron chi connectivity index (χ4n) is 7.82. The highest BCUT2D eigenvalue weighted by Gasteiger charge is 2.75. The van der Waals surface area contributed by atoms with Crippen LogP contribution in [0.5, 0.6) is 0 Å². The van der Waals surface area contributed by atoms with Crippen molar-refractivity contribution in [2.45, 2.75) is 71.6 Å². The molecule has 3 unspecified atom stereocenters. The highest BCUT2D eigenvalue weighted by Crippen LogP contribution is 2.80. The molecule has 1 fully saturated rings. The summed E-state index contributed by atoms with van der Waals surface area (Å²) in [6.07, 6.45) is 3.79. The number of benzene rings is 3. The monoisotopic (exact) mass is 463 g/mol. The molecule has 3 atom stereocenters. The average molecular weight is 464 g/mol. The molecule has 1 aliphatic carbocycles. The molecule has 0 radical (unpaired) electrons. The second-order valence-corrected chi connectivity index (χ2v) is 12.3. The van der Waals surface area contributed by atoms with E-state index >= 15 is 0 Å². The van der Waals surface area contributed by atoms with E-state index in [0.717, 1.165) is 0 Å². The van der Waals surface area contributed by atoms with E-state index in [-0.39, 0.29) is 0 Å². The van der Waals surface area contributed by atoms with Gasteiger partial charge in [0.2, 0.25) is 0 Å². The van der Waals surface area contributed by atoms with Gasteiger partial charge in [0.25, 0.3) is 0 Å². The number of hydrogen-bond acceptors (Lipinski definition) is 2. The summed E-state index contributed by atoms with van der Waals surface area (Å²) in [5.41, 5.74) is 16.5. The molecule has 34 heavy (non-hydrogen) atoms. The number of rotatable bonds is 3. The SMILES string of the molecule is CCC12CC1(CC)C1SC(c3c(C)cccc3C)=C3c4ccc(C)cc4-c4cc(C)cc2c4N31. The van der Waals surface area contributed by atoms with Crippen molar-refractivity contribution in [2.24, 2.45) is 5.41 Å². The molecule has 1 saturated carbocycles. The zero-order valence-electron chi connectivity index (χ0n) is 21.2. The van der Waals surface area contributed by atoms with E-state index in [2.05, 4.69) is 107 Å². The number of aryl methyl sites for hydroxylation is 4. The number of nitrogens with zero attached hydrogens (tertiary/aromatic N) is 1. The van der Waals surface area contributed by atoms with Gasteiger partial charge >= 0.3 is 0 Å². The molecule has 3 heterocycles. The minimum absolute atomic E-state index is 0.314. The molecule has 0 aromatic heterocycles. The lowest BCUT2D eigenvalue weighted by Crippen LogP contribution is -2.45. The van der Waals surface area contributed by atoms with E-state index in [9.17, 15) is 0 Å². The molecular formula is C32H33NS. The van der Waals surface area contributed by atoms with Gasteiger partial charge < -0.3 is 4.90 Å². The molecular weight excluding hydrogens is 430 g/mol. The van der Waals surface area contributed by atoms with Gasteiger partial charge in [-0.3, -0.25) is 0 Å². The first-order chi connectivity index (χ1) is 16.4. The van der Waals surface area contributed by atoms with Crippen LogP contribution < -0.4 is 4.90 Å². The number of thioether (sulfide) groups is 1. The Morgan fingerprint density at radius 1 is 0.853 bits per heavy atom. The summed E-state index contributed by atoms with van der Waals surface area (Å²) in [6.45, 7) is 14.0. The Hall–Kier alpha value is -2.45. The van der Waals surface area contributed by atoms with Crippen molar-refractivity contribution in [3.8, 4) is 11.1 Å². The molecule has 3 aromatic carbocycles. The Morgan fingerprint density at radius 3 is 2.29 bits per heavy atom. The summed E-state index contributed by atoms with van der Waals surface area (Å²) < 4.78 is 0. The van der Waals surface area contributed by atoms with Gasteiger partial charge in [-0.25, -0.2) is 0 Å². The van der Waals surface area contributed by atoms with Gasteiger partial charge in [0, 0.05) is 26.9 Å². The van der Waals surface area contributed by atoms with E-state index < -0.39 is 0 Å². The minimum Gasteiger partial charge on any atom is -0.326 e. The van der Waals surface area contributed by atoms with E-state index in [0.29, 0.717) is 16.2 Å². The molecule has 2 heteroatoms. The summed E-state index contributed by atoms with van der Waals surface area (Å²) in [6, 6.07) is 18.9. The van der Waals surface area contributed by atoms with Crippen LogP contribution in [0.15, 0.2) is 48.5 Å². The Morgan fingerprint density at radius 2 is 1.59 bits per heavy atom. The maximum atomic E-state index is 2.80. The third-order valence-electron chi connectivity index (χ3n) is 9.51. The molecule has 4 aliphatic rings. The lowest BCUT2D eigenvalue weighted by Gasteiger charge is -2.47. The predicted octanol–water partition coefficient (Wildman–Crippen LogP) is 8.77. The molecule has 7 rings (SSSR count). The second-order valence-electron chi connectivity index (χ2n) is 11.2. The quantitative estimate of drug-likeness (QED) is 0.382. The molecule has 0 N–H and O–H groups in total. The van der Waals surface area contributed by atoms with Crippen LogP contribution in [0.25, 0.3) is 21.7 Å². The van der Waals surface area contributed by atoms with Crippen molar-refractivity contribution >= 4 is 28.1 Å². The van der Waals surface area contributed by atoms with E-state index in [1.165, 1.54) is 80.1 Å². The Labute approximate surface area is 208 Å². The smallest absolute Gasteiger partial charge is 0.0912 e. The Bertz CT molecular complexity index is 1430. The summed E-state index contributed by atoms with van der Waals surface area (Å²) in [5.74, 6) is 0. The molecule has 172 valence electrons. The third-order valence-corrected chi connectivity index (χ3v) is 11.0. The molecule has 0 saturated heterocycles. The van der Waals surface area contributed by atoms with Crippen LogP contribution in [0.2, 0.25) is 0 Å². The van der Waals surface area contributed by atoms with Gasteiger partial charge in [-0.1, -0.05) is 79.2 Å². The zero-order valence-corrected chi connectivity index (χ0v) is 22.0. The zero-order chi connectivity index (χ0) is 23.6. The second kappa shape index (κ2) is 6.61. The number of hydrogen-bond donors (Lipinski definition) is 0. The highest BCUT2D eigenvalue weighted by molar-refractivity contribution is 8.09. The van der Waals surface area contributed by atoms with Gasteiger partial charge in [-0.2, -0.15) is 0 Å². The molecule has 3 aromatic rings. The summed E-state index contributed by atoms with van der Waals surface area (Å²) in [7, 11) is 0. The normalized spacial score (nSPS) is 27.5. The largest absolute Gasteiger partial charge is 0.326 e. The Kier molecular flexibility index (Phi) is 4.06. The summed E-state index contributed by atoms with van der Waals surface area (Å²) >= 11 is 2.17. The summed E-state index contributed by atoms with van der Waals surface area (Å²) in [4.78, 5) is 4.30. The topological polar surface area (TPSA) is 3.24 Å². The first-order valence-electron chi connectivity index (χ1n) is 12.9. The van der Waals surface area contributed by atoms with Gasteiger partial charge in [-0.15, -0.1) is 0 Å². The Balaban J connectivity index is 1.64. The van der Waals surface area contributed by atoms with Gasteiger partial charge in [0.05, 0.1) is 16.8 Å².